The largest absolute Gasteiger partial charge is 0.312 e. The molecular weight excluding hydrogens is 210 g/mol. The molecule has 0 aliphatic carbocycles. The average molecular weight is 233 g/mol. The highest BCUT2D eigenvalue weighted by Crippen LogP contribution is 2.29. The SMILES string of the molecule is CN1CCC(C)(CNCc2cccnc2)CC1. The number of pyridine rings is 1. The maximum Gasteiger partial charge on any atom is 0.0312 e. The van der Waals surface area contributed by atoms with Gasteiger partial charge in [0.2, 0.25) is 0 Å². The van der Waals surface area contributed by atoms with E-state index < -0.39 is 0 Å². The van der Waals surface area contributed by atoms with Crippen molar-refractivity contribution in [2.24, 2.45) is 5.41 Å². The molecule has 0 aromatic carbocycles. The normalized spacial score (nSPS) is 20.4. The van der Waals surface area contributed by atoms with Gasteiger partial charge in [-0.1, -0.05) is 13.0 Å². The van der Waals surface area contributed by atoms with Crippen LogP contribution in [0.4, 0.5) is 0 Å². The van der Waals surface area contributed by atoms with Crippen molar-refractivity contribution < 1.29 is 0 Å². The molecule has 1 aromatic rings. The third-order valence-corrected chi connectivity index (χ3v) is 3.80. The lowest BCUT2D eigenvalue weighted by Gasteiger charge is -2.38. The van der Waals surface area contributed by atoms with Crippen molar-refractivity contribution in [3.8, 4) is 0 Å². The lowest BCUT2D eigenvalue weighted by Crippen LogP contribution is -2.41. The van der Waals surface area contributed by atoms with Crippen LogP contribution in [0, 0.1) is 5.41 Å². The maximum atomic E-state index is 4.13. The first-order valence-electron chi connectivity index (χ1n) is 6.46. The lowest BCUT2D eigenvalue weighted by atomic mass is 9.80. The fourth-order valence-corrected chi connectivity index (χ4v) is 2.35. The van der Waals surface area contributed by atoms with Crippen LogP contribution < -0.4 is 5.32 Å². The molecule has 2 rings (SSSR count). The molecule has 0 bridgehead atoms. The van der Waals surface area contributed by atoms with Crippen LogP contribution in [-0.4, -0.2) is 36.6 Å². The van der Waals surface area contributed by atoms with Gasteiger partial charge in [0.15, 0.2) is 0 Å². The highest BCUT2D eigenvalue weighted by Gasteiger charge is 2.28. The lowest BCUT2D eigenvalue weighted by molar-refractivity contribution is 0.137. The van der Waals surface area contributed by atoms with Crippen molar-refractivity contribution in [1.82, 2.24) is 15.2 Å². The minimum Gasteiger partial charge on any atom is -0.312 e. The van der Waals surface area contributed by atoms with Gasteiger partial charge in [0, 0.05) is 25.5 Å². The van der Waals surface area contributed by atoms with E-state index in [1.165, 1.54) is 31.5 Å². The maximum absolute atomic E-state index is 4.13. The third kappa shape index (κ3) is 3.79. The predicted octanol–water partition coefficient (Wildman–Crippen LogP) is 1.90. The summed E-state index contributed by atoms with van der Waals surface area (Å²) in [6, 6.07) is 4.12. The average Bonchev–Trinajstić information content (AvgIpc) is 2.35. The van der Waals surface area contributed by atoms with Crippen LogP contribution in [0.25, 0.3) is 0 Å². The Morgan fingerprint density at radius 1 is 1.41 bits per heavy atom. The van der Waals surface area contributed by atoms with Gasteiger partial charge in [0.05, 0.1) is 0 Å². The number of aromatic nitrogens is 1. The number of likely N-dealkylation sites (tertiary alicyclic amines) is 1. The fraction of sp³-hybridized carbons (Fsp3) is 0.643. The van der Waals surface area contributed by atoms with Gasteiger partial charge in [-0.25, -0.2) is 0 Å². The van der Waals surface area contributed by atoms with E-state index in [1.54, 1.807) is 0 Å². The smallest absolute Gasteiger partial charge is 0.0312 e. The second kappa shape index (κ2) is 5.61. The Morgan fingerprint density at radius 2 is 2.18 bits per heavy atom. The molecule has 3 nitrogen and oxygen atoms in total. The van der Waals surface area contributed by atoms with Crippen LogP contribution in [0.15, 0.2) is 24.5 Å². The zero-order valence-electron chi connectivity index (χ0n) is 10.9. The monoisotopic (exact) mass is 233 g/mol. The van der Waals surface area contributed by atoms with E-state index in [9.17, 15) is 0 Å². The minimum atomic E-state index is 0.467. The van der Waals surface area contributed by atoms with Gasteiger partial charge in [0.1, 0.15) is 0 Å². The molecule has 3 heteroatoms. The number of piperidine rings is 1. The summed E-state index contributed by atoms with van der Waals surface area (Å²) in [6.07, 6.45) is 6.35. The highest BCUT2D eigenvalue weighted by atomic mass is 15.1. The Labute approximate surface area is 104 Å². The van der Waals surface area contributed by atoms with Crippen LogP contribution in [0.2, 0.25) is 0 Å². The second-order valence-corrected chi connectivity index (χ2v) is 5.58. The minimum absolute atomic E-state index is 0.467. The van der Waals surface area contributed by atoms with E-state index in [0.717, 1.165) is 13.1 Å². The third-order valence-electron chi connectivity index (χ3n) is 3.80. The molecular formula is C14H23N3. The highest BCUT2D eigenvalue weighted by molar-refractivity contribution is 5.07. The topological polar surface area (TPSA) is 28.2 Å². The summed E-state index contributed by atoms with van der Waals surface area (Å²) >= 11 is 0. The van der Waals surface area contributed by atoms with Crippen molar-refractivity contribution in [2.45, 2.75) is 26.3 Å². The van der Waals surface area contributed by atoms with Crippen LogP contribution >= 0.6 is 0 Å². The van der Waals surface area contributed by atoms with Gasteiger partial charge in [0.25, 0.3) is 0 Å². The molecule has 1 aliphatic rings. The van der Waals surface area contributed by atoms with Crippen molar-refractivity contribution in [3.05, 3.63) is 30.1 Å². The van der Waals surface area contributed by atoms with Crippen LogP contribution in [0.1, 0.15) is 25.3 Å². The first-order valence-corrected chi connectivity index (χ1v) is 6.46. The van der Waals surface area contributed by atoms with Crippen LogP contribution in [0.3, 0.4) is 0 Å². The Balaban J connectivity index is 1.75. The van der Waals surface area contributed by atoms with Crippen molar-refractivity contribution in [2.75, 3.05) is 26.7 Å². The molecule has 1 saturated heterocycles. The number of nitrogens with zero attached hydrogens (tertiary/aromatic N) is 2. The van der Waals surface area contributed by atoms with Gasteiger partial charge in [-0.2, -0.15) is 0 Å². The predicted molar refractivity (Wildman–Crippen MR) is 70.8 cm³/mol. The number of rotatable bonds is 4. The summed E-state index contributed by atoms with van der Waals surface area (Å²) in [5.41, 5.74) is 1.73. The molecule has 0 radical (unpaired) electrons. The Kier molecular flexibility index (Phi) is 4.13. The first kappa shape index (κ1) is 12.5. The molecule has 17 heavy (non-hydrogen) atoms. The van der Waals surface area contributed by atoms with E-state index in [1.807, 2.05) is 18.5 Å². The molecule has 1 N–H and O–H groups in total. The standard InChI is InChI=1S/C14H23N3/c1-14(5-8-17(2)9-6-14)12-16-11-13-4-3-7-15-10-13/h3-4,7,10,16H,5-6,8-9,11-12H2,1-2H3. The quantitative estimate of drug-likeness (QED) is 0.861. The zero-order chi connectivity index (χ0) is 12.1. The molecule has 0 spiro atoms. The zero-order valence-corrected chi connectivity index (χ0v) is 10.9. The van der Waals surface area contributed by atoms with Crippen molar-refractivity contribution >= 4 is 0 Å². The second-order valence-electron chi connectivity index (χ2n) is 5.58. The summed E-state index contributed by atoms with van der Waals surface area (Å²) in [4.78, 5) is 6.55. The Bertz CT molecular complexity index is 329. The van der Waals surface area contributed by atoms with Gasteiger partial charge in [-0.3, -0.25) is 4.98 Å². The number of hydrogen-bond acceptors (Lipinski definition) is 3. The Morgan fingerprint density at radius 3 is 2.82 bits per heavy atom. The molecule has 1 aromatic heterocycles. The van der Waals surface area contributed by atoms with E-state index in [4.69, 9.17) is 0 Å². The summed E-state index contributed by atoms with van der Waals surface area (Å²) in [7, 11) is 2.21. The van der Waals surface area contributed by atoms with Crippen molar-refractivity contribution in [1.29, 1.82) is 0 Å². The van der Waals surface area contributed by atoms with Crippen molar-refractivity contribution in [3.63, 3.8) is 0 Å². The number of hydrogen-bond donors (Lipinski definition) is 1. The summed E-state index contributed by atoms with van der Waals surface area (Å²) in [5.74, 6) is 0. The van der Waals surface area contributed by atoms with E-state index >= 15 is 0 Å². The molecule has 2 heterocycles. The van der Waals surface area contributed by atoms with Gasteiger partial charge < -0.3 is 10.2 Å². The molecule has 0 atom stereocenters. The molecule has 94 valence electrons. The summed E-state index contributed by atoms with van der Waals surface area (Å²) < 4.78 is 0. The van der Waals surface area contributed by atoms with Gasteiger partial charge in [-0.15, -0.1) is 0 Å². The summed E-state index contributed by atoms with van der Waals surface area (Å²) in [5, 5.41) is 3.57. The van der Waals surface area contributed by atoms with Crippen LogP contribution in [-0.2, 0) is 6.54 Å². The van der Waals surface area contributed by atoms with Gasteiger partial charge >= 0.3 is 0 Å². The van der Waals surface area contributed by atoms with Gasteiger partial charge in [-0.05, 0) is 50.0 Å². The first-order chi connectivity index (χ1) is 8.18. The number of nitrogens with one attached hydrogen (secondary N) is 1. The molecule has 0 amide bonds. The van der Waals surface area contributed by atoms with E-state index in [2.05, 4.69) is 35.2 Å². The molecule has 0 saturated carbocycles. The van der Waals surface area contributed by atoms with Crippen LogP contribution in [0.5, 0.6) is 0 Å². The Hall–Kier alpha value is -0.930. The van der Waals surface area contributed by atoms with E-state index in [0.29, 0.717) is 5.41 Å². The molecule has 1 fully saturated rings. The fourth-order valence-electron chi connectivity index (χ4n) is 2.35. The molecule has 1 aliphatic heterocycles. The molecule has 0 unspecified atom stereocenters. The summed E-state index contributed by atoms with van der Waals surface area (Å²) in [6.45, 7) is 6.89. The van der Waals surface area contributed by atoms with E-state index in [-0.39, 0.29) is 0 Å².